The van der Waals surface area contributed by atoms with E-state index < -0.39 is 0 Å². The molecule has 14 aromatic carbocycles. The number of hydrogen-bond donors (Lipinski definition) is 0. The maximum absolute atomic E-state index is 5.44. The number of aromatic nitrogens is 5. The molecule has 0 fully saturated rings. The Hall–Kier alpha value is -12.7. The van der Waals surface area contributed by atoms with Crippen molar-refractivity contribution in [3.8, 4) is 78.9 Å². The standard InChI is InChI=1S/C87H59N7/c1-6-24-62(25-7-1)75-38-16-17-41-78(75)87-89-85(65-26-22-36-73(56-65)91(67-28-8-2-9-29-67)71-50-44-60(45-51-71)63-48-54-83-79(58-63)76-39-18-20-42-81(76)93(83)69-32-12-4-13-33-69)88-86(90-87)66-27-23-37-74(57-66)92(68-30-10-3-11-31-68)72-52-46-61(47-53-72)64-49-55-84-80(59-64)77-40-19-21-43-82(77)94(84)70-34-14-5-15-35-70/h1-59H. The summed E-state index contributed by atoms with van der Waals surface area (Å²) in [5.41, 5.74) is 22.3. The third kappa shape index (κ3) is 10.2. The van der Waals surface area contributed by atoms with Crippen molar-refractivity contribution in [1.82, 2.24) is 24.1 Å². The molecule has 3 heterocycles. The zero-order valence-electron chi connectivity index (χ0n) is 51.2. The Bertz CT molecular complexity index is 5290. The molecule has 7 nitrogen and oxygen atoms in total. The van der Waals surface area contributed by atoms with Crippen LogP contribution in [-0.2, 0) is 0 Å². The number of benzene rings is 14. The Labute approximate surface area is 545 Å². The SMILES string of the molecule is c1ccc(-c2ccccc2-c2nc(-c3cccc(N(c4ccccc4)c4ccc(-c5ccc6c(c5)c5ccccc5n6-c5ccccc5)cc4)c3)nc(-c3cccc(N(c4ccccc4)c4ccc(-c5ccc6c(c5)c5ccccc5n6-c5ccccc5)cc4)c3)n2)cc1. The quantitative estimate of drug-likeness (QED) is 0.109. The summed E-state index contributed by atoms with van der Waals surface area (Å²) in [5.74, 6) is 1.69. The number of para-hydroxylation sites is 6. The molecule has 0 radical (unpaired) electrons. The van der Waals surface area contributed by atoms with Gasteiger partial charge in [0.05, 0.1) is 22.1 Å². The molecule has 17 aromatic rings. The van der Waals surface area contributed by atoms with Gasteiger partial charge in [-0.15, -0.1) is 0 Å². The Morgan fingerprint density at radius 2 is 0.521 bits per heavy atom. The summed E-state index contributed by atoms with van der Waals surface area (Å²) in [7, 11) is 0. The highest BCUT2D eigenvalue weighted by molar-refractivity contribution is 6.12. The van der Waals surface area contributed by atoms with Crippen LogP contribution in [0.15, 0.2) is 358 Å². The van der Waals surface area contributed by atoms with Crippen molar-refractivity contribution in [3.63, 3.8) is 0 Å². The van der Waals surface area contributed by atoms with E-state index in [0.717, 1.165) is 95.6 Å². The van der Waals surface area contributed by atoms with E-state index >= 15 is 0 Å². The fourth-order valence-corrected chi connectivity index (χ4v) is 13.5. The number of hydrogen-bond acceptors (Lipinski definition) is 5. The number of rotatable bonds is 14. The van der Waals surface area contributed by atoms with Crippen molar-refractivity contribution in [2.24, 2.45) is 0 Å². The molecule has 0 spiro atoms. The zero-order valence-corrected chi connectivity index (χ0v) is 51.2. The molecule has 17 rings (SSSR count). The lowest BCUT2D eigenvalue weighted by Crippen LogP contribution is -2.10. The van der Waals surface area contributed by atoms with Crippen molar-refractivity contribution >= 4 is 77.7 Å². The van der Waals surface area contributed by atoms with Crippen LogP contribution in [-0.4, -0.2) is 24.1 Å². The summed E-state index contributed by atoms with van der Waals surface area (Å²) in [4.78, 5) is 20.9. The Morgan fingerprint density at radius 1 is 0.191 bits per heavy atom. The Morgan fingerprint density at radius 3 is 0.979 bits per heavy atom. The van der Waals surface area contributed by atoms with Crippen LogP contribution in [0, 0.1) is 0 Å². The van der Waals surface area contributed by atoms with Gasteiger partial charge < -0.3 is 18.9 Å². The first-order chi connectivity index (χ1) is 46.6. The highest BCUT2D eigenvalue weighted by Crippen LogP contribution is 2.43. The average molecular weight is 1200 g/mol. The van der Waals surface area contributed by atoms with E-state index in [0.29, 0.717) is 17.5 Å². The van der Waals surface area contributed by atoms with Crippen molar-refractivity contribution < 1.29 is 0 Å². The van der Waals surface area contributed by atoms with Gasteiger partial charge in [0, 0.05) is 83.7 Å². The molecular weight excluding hydrogens is 1140 g/mol. The lowest BCUT2D eigenvalue weighted by molar-refractivity contribution is 1.07. The molecule has 7 heteroatoms. The fraction of sp³-hybridized carbons (Fsp3) is 0. The molecule has 0 amide bonds. The lowest BCUT2D eigenvalue weighted by Gasteiger charge is -2.26. The second-order valence-corrected chi connectivity index (χ2v) is 23.6. The smallest absolute Gasteiger partial charge is 0.164 e. The molecule has 0 unspecified atom stereocenters. The molecule has 3 aromatic heterocycles. The molecule has 442 valence electrons. The maximum Gasteiger partial charge on any atom is 0.164 e. The van der Waals surface area contributed by atoms with Crippen molar-refractivity contribution in [2.45, 2.75) is 0 Å². The van der Waals surface area contributed by atoms with Gasteiger partial charge >= 0.3 is 0 Å². The molecule has 0 saturated heterocycles. The van der Waals surface area contributed by atoms with Crippen LogP contribution in [0.4, 0.5) is 34.1 Å². The molecular formula is C87H59N7. The highest BCUT2D eigenvalue weighted by atomic mass is 15.2. The van der Waals surface area contributed by atoms with E-state index in [9.17, 15) is 0 Å². The second-order valence-electron chi connectivity index (χ2n) is 23.6. The third-order valence-electron chi connectivity index (χ3n) is 17.9. The van der Waals surface area contributed by atoms with E-state index in [4.69, 9.17) is 15.0 Å². The number of fused-ring (bicyclic) bond motifs is 6. The molecule has 0 aliphatic carbocycles. The minimum Gasteiger partial charge on any atom is -0.310 e. The topological polar surface area (TPSA) is 55.0 Å². The van der Waals surface area contributed by atoms with Crippen LogP contribution in [0.3, 0.4) is 0 Å². The van der Waals surface area contributed by atoms with Crippen LogP contribution in [0.2, 0.25) is 0 Å². The van der Waals surface area contributed by atoms with Crippen molar-refractivity contribution in [1.29, 1.82) is 0 Å². The molecule has 0 aliphatic rings. The van der Waals surface area contributed by atoms with E-state index in [1.165, 1.54) is 43.6 Å². The van der Waals surface area contributed by atoms with E-state index in [1.807, 2.05) is 6.07 Å². The fourth-order valence-electron chi connectivity index (χ4n) is 13.5. The van der Waals surface area contributed by atoms with E-state index in [-0.39, 0.29) is 0 Å². The van der Waals surface area contributed by atoms with Gasteiger partial charge in [-0.1, -0.05) is 224 Å². The predicted molar refractivity (Wildman–Crippen MR) is 390 cm³/mol. The van der Waals surface area contributed by atoms with E-state index in [2.05, 4.69) is 371 Å². The van der Waals surface area contributed by atoms with Crippen LogP contribution in [0.5, 0.6) is 0 Å². The van der Waals surface area contributed by atoms with E-state index in [1.54, 1.807) is 0 Å². The lowest BCUT2D eigenvalue weighted by atomic mass is 9.99. The van der Waals surface area contributed by atoms with Gasteiger partial charge in [-0.2, -0.15) is 0 Å². The van der Waals surface area contributed by atoms with Gasteiger partial charge in [-0.25, -0.2) is 15.0 Å². The van der Waals surface area contributed by atoms with Gasteiger partial charge in [0.1, 0.15) is 0 Å². The summed E-state index contributed by atoms with van der Waals surface area (Å²) in [6.07, 6.45) is 0. The minimum atomic E-state index is 0.556. The summed E-state index contributed by atoms with van der Waals surface area (Å²) >= 11 is 0. The van der Waals surface area contributed by atoms with Crippen LogP contribution in [0.1, 0.15) is 0 Å². The normalized spacial score (nSPS) is 11.4. The highest BCUT2D eigenvalue weighted by Gasteiger charge is 2.22. The molecule has 94 heavy (non-hydrogen) atoms. The van der Waals surface area contributed by atoms with Crippen molar-refractivity contribution in [2.75, 3.05) is 9.80 Å². The third-order valence-corrected chi connectivity index (χ3v) is 17.9. The zero-order chi connectivity index (χ0) is 62.3. The molecule has 0 bridgehead atoms. The van der Waals surface area contributed by atoms with Crippen LogP contribution < -0.4 is 9.80 Å². The predicted octanol–water partition coefficient (Wildman–Crippen LogP) is 23.0. The summed E-state index contributed by atoms with van der Waals surface area (Å²) < 4.78 is 4.72. The van der Waals surface area contributed by atoms with Gasteiger partial charge in [-0.05, 0) is 167 Å². The Balaban J connectivity index is 0.745. The molecule has 0 atom stereocenters. The monoisotopic (exact) mass is 1200 g/mol. The second kappa shape index (κ2) is 23.9. The summed E-state index contributed by atoms with van der Waals surface area (Å²) in [6, 6.07) is 127. The molecule has 0 saturated carbocycles. The number of nitrogens with zero attached hydrogens (tertiary/aromatic N) is 7. The molecule has 0 N–H and O–H groups in total. The van der Waals surface area contributed by atoms with Crippen LogP contribution >= 0.6 is 0 Å². The van der Waals surface area contributed by atoms with Gasteiger partial charge in [0.15, 0.2) is 17.5 Å². The minimum absolute atomic E-state index is 0.556. The Kier molecular flexibility index (Phi) is 14.1. The van der Waals surface area contributed by atoms with Crippen LogP contribution in [0.25, 0.3) is 123 Å². The summed E-state index contributed by atoms with van der Waals surface area (Å²) in [5, 5.41) is 4.89. The maximum atomic E-state index is 5.44. The van der Waals surface area contributed by atoms with Gasteiger partial charge in [0.2, 0.25) is 0 Å². The van der Waals surface area contributed by atoms with Gasteiger partial charge in [0.25, 0.3) is 0 Å². The first-order valence-corrected chi connectivity index (χ1v) is 31.8. The first-order valence-electron chi connectivity index (χ1n) is 31.8. The largest absolute Gasteiger partial charge is 0.310 e. The van der Waals surface area contributed by atoms with Gasteiger partial charge in [-0.3, -0.25) is 0 Å². The van der Waals surface area contributed by atoms with Crippen molar-refractivity contribution in [3.05, 3.63) is 358 Å². The average Bonchev–Trinajstić information content (AvgIpc) is 1.53. The summed E-state index contributed by atoms with van der Waals surface area (Å²) in [6.45, 7) is 0. The number of anilines is 6. The first kappa shape index (κ1) is 55.4. The molecule has 0 aliphatic heterocycles.